The van der Waals surface area contributed by atoms with Gasteiger partial charge in [0.05, 0.1) is 6.61 Å². The van der Waals surface area contributed by atoms with Crippen LogP contribution in [0.25, 0.3) is 0 Å². The lowest BCUT2D eigenvalue weighted by atomic mass is 10.1. The molecule has 1 aliphatic rings. The normalized spacial score (nSPS) is 14.9. The zero-order valence-corrected chi connectivity index (χ0v) is 12.7. The monoisotopic (exact) mass is 288 g/mol. The van der Waals surface area contributed by atoms with E-state index in [2.05, 4.69) is 6.58 Å². The van der Waals surface area contributed by atoms with Gasteiger partial charge in [-0.15, -0.1) is 6.58 Å². The molecule has 2 rings (SSSR count). The first-order valence-corrected chi connectivity index (χ1v) is 7.61. The second-order valence-corrected chi connectivity index (χ2v) is 5.41. The first-order chi connectivity index (χ1) is 10.2. The standard InChI is InChI=1S/C17H24N2O2/c1-3-9-19(15-7-5-6-8-15)17(20)13-10-14(18)12-16(11-13)21-4-2/h3,10-12,15H,1,4-9,18H2,2H3. The Balaban J connectivity index is 2.24. The van der Waals surface area contributed by atoms with E-state index in [-0.39, 0.29) is 5.91 Å². The Labute approximate surface area is 126 Å². The van der Waals surface area contributed by atoms with Gasteiger partial charge in [-0.3, -0.25) is 4.79 Å². The van der Waals surface area contributed by atoms with Crippen molar-refractivity contribution in [3.63, 3.8) is 0 Å². The topological polar surface area (TPSA) is 55.6 Å². The fraction of sp³-hybridized carbons (Fsp3) is 0.471. The van der Waals surface area contributed by atoms with Gasteiger partial charge >= 0.3 is 0 Å². The molecule has 0 unspecified atom stereocenters. The van der Waals surface area contributed by atoms with Crippen LogP contribution in [0.2, 0.25) is 0 Å². The molecule has 2 N–H and O–H groups in total. The molecule has 21 heavy (non-hydrogen) atoms. The second-order valence-electron chi connectivity index (χ2n) is 5.41. The minimum absolute atomic E-state index is 0.00931. The number of ether oxygens (including phenoxy) is 1. The highest BCUT2D eigenvalue weighted by molar-refractivity contribution is 5.96. The molecule has 0 atom stereocenters. The van der Waals surface area contributed by atoms with Crippen LogP contribution < -0.4 is 10.5 Å². The lowest BCUT2D eigenvalue weighted by Gasteiger charge is -2.28. The summed E-state index contributed by atoms with van der Waals surface area (Å²) in [6.45, 7) is 6.80. The molecule has 1 saturated carbocycles. The summed E-state index contributed by atoms with van der Waals surface area (Å²) in [6, 6.07) is 5.55. The van der Waals surface area contributed by atoms with E-state index < -0.39 is 0 Å². The van der Waals surface area contributed by atoms with Gasteiger partial charge in [0.15, 0.2) is 0 Å². The predicted octanol–water partition coefficient (Wildman–Crippen LogP) is 3.24. The summed E-state index contributed by atoms with van der Waals surface area (Å²) >= 11 is 0. The van der Waals surface area contributed by atoms with E-state index in [1.807, 2.05) is 11.8 Å². The van der Waals surface area contributed by atoms with E-state index in [0.717, 1.165) is 12.8 Å². The summed E-state index contributed by atoms with van der Waals surface area (Å²) in [5.74, 6) is 0.654. The number of nitrogens with zero attached hydrogens (tertiary/aromatic N) is 1. The van der Waals surface area contributed by atoms with E-state index >= 15 is 0 Å². The molecule has 0 aromatic heterocycles. The third-order valence-electron chi connectivity index (χ3n) is 3.84. The minimum Gasteiger partial charge on any atom is -0.494 e. The molecule has 4 heteroatoms. The van der Waals surface area contributed by atoms with Gasteiger partial charge in [0.2, 0.25) is 0 Å². The molecule has 1 aromatic rings. The molecular formula is C17H24N2O2. The Bertz CT molecular complexity index is 508. The average molecular weight is 288 g/mol. The van der Waals surface area contributed by atoms with Crippen molar-refractivity contribution in [2.24, 2.45) is 0 Å². The molecule has 1 aliphatic carbocycles. The van der Waals surface area contributed by atoms with Crippen LogP contribution in [0.4, 0.5) is 5.69 Å². The van der Waals surface area contributed by atoms with Crippen LogP contribution in [0.3, 0.4) is 0 Å². The summed E-state index contributed by atoms with van der Waals surface area (Å²) in [4.78, 5) is 14.7. The maximum absolute atomic E-state index is 12.8. The van der Waals surface area contributed by atoms with E-state index in [1.165, 1.54) is 12.8 Å². The molecule has 0 aliphatic heterocycles. The number of rotatable bonds is 6. The van der Waals surface area contributed by atoms with Crippen molar-refractivity contribution in [3.8, 4) is 5.75 Å². The van der Waals surface area contributed by atoms with Gasteiger partial charge in [0.25, 0.3) is 5.91 Å². The maximum atomic E-state index is 12.8. The predicted molar refractivity (Wildman–Crippen MR) is 85.5 cm³/mol. The molecule has 0 radical (unpaired) electrons. The quantitative estimate of drug-likeness (QED) is 0.646. The molecule has 0 bridgehead atoms. The van der Waals surface area contributed by atoms with E-state index in [1.54, 1.807) is 24.3 Å². The van der Waals surface area contributed by atoms with Crippen LogP contribution in [-0.2, 0) is 0 Å². The summed E-state index contributed by atoms with van der Waals surface area (Å²) < 4.78 is 5.47. The highest BCUT2D eigenvalue weighted by Gasteiger charge is 2.26. The molecular weight excluding hydrogens is 264 g/mol. The Morgan fingerprint density at radius 1 is 1.43 bits per heavy atom. The summed E-state index contributed by atoms with van der Waals surface area (Å²) in [5, 5.41) is 0. The van der Waals surface area contributed by atoms with E-state index in [4.69, 9.17) is 10.5 Å². The Morgan fingerprint density at radius 2 is 2.14 bits per heavy atom. The Kier molecular flexibility index (Phi) is 5.26. The fourth-order valence-corrected chi connectivity index (χ4v) is 2.91. The first kappa shape index (κ1) is 15.4. The van der Waals surface area contributed by atoms with Gasteiger partial charge < -0.3 is 15.4 Å². The highest BCUT2D eigenvalue weighted by Crippen LogP contribution is 2.26. The van der Waals surface area contributed by atoms with Gasteiger partial charge in [0.1, 0.15) is 5.75 Å². The maximum Gasteiger partial charge on any atom is 0.254 e. The molecule has 1 aromatic carbocycles. The summed E-state index contributed by atoms with van der Waals surface area (Å²) in [7, 11) is 0. The molecule has 1 fully saturated rings. The van der Waals surface area contributed by atoms with Gasteiger partial charge in [-0.05, 0) is 31.9 Å². The Morgan fingerprint density at radius 3 is 2.76 bits per heavy atom. The lowest BCUT2D eigenvalue weighted by molar-refractivity contribution is 0.0706. The molecule has 0 saturated heterocycles. The molecule has 0 heterocycles. The summed E-state index contributed by atoms with van der Waals surface area (Å²) in [5.41, 5.74) is 7.02. The van der Waals surface area contributed by atoms with Gasteiger partial charge in [-0.1, -0.05) is 18.9 Å². The summed E-state index contributed by atoms with van der Waals surface area (Å²) in [6.07, 6.45) is 6.30. The van der Waals surface area contributed by atoms with Crippen molar-refractivity contribution in [2.45, 2.75) is 38.6 Å². The van der Waals surface area contributed by atoms with Crippen molar-refractivity contribution < 1.29 is 9.53 Å². The number of hydrogen-bond acceptors (Lipinski definition) is 3. The van der Waals surface area contributed by atoms with Crippen molar-refractivity contribution in [1.29, 1.82) is 0 Å². The number of amides is 1. The van der Waals surface area contributed by atoms with Crippen molar-refractivity contribution in [2.75, 3.05) is 18.9 Å². The van der Waals surface area contributed by atoms with Crippen LogP contribution in [0, 0.1) is 0 Å². The number of hydrogen-bond donors (Lipinski definition) is 1. The average Bonchev–Trinajstić information content (AvgIpc) is 2.97. The van der Waals surface area contributed by atoms with Gasteiger partial charge in [-0.2, -0.15) is 0 Å². The third kappa shape index (κ3) is 3.78. The van der Waals surface area contributed by atoms with Crippen molar-refractivity contribution >= 4 is 11.6 Å². The van der Waals surface area contributed by atoms with Crippen LogP contribution in [0.5, 0.6) is 5.75 Å². The zero-order chi connectivity index (χ0) is 15.2. The van der Waals surface area contributed by atoms with Crippen molar-refractivity contribution in [3.05, 3.63) is 36.4 Å². The number of nitrogens with two attached hydrogens (primary N) is 1. The van der Waals surface area contributed by atoms with Crippen LogP contribution >= 0.6 is 0 Å². The SMILES string of the molecule is C=CCN(C(=O)c1cc(N)cc(OCC)c1)C1CCCC1. The van der Waals surface area contributed by atoms with Crippen LogP contribution in [0.15, 0.2) is 30.9 Å². The lowest BCUT2D eigenvalue weighted by Crippen LogP contribution is -2.39. The largest absolute Gasteiger partial charge is 0.494 e. The van der Waals surface area contributed by atoms with E-state index in [9.17, 15) is 4.79 Å². The molecule has 4 nitrogen and oxygen atoms in total. The fourth-order valence-electron chi connectivity index (χ4n) is 2.91. The first-order valence-electron chi connectivity index (χ1n) is 7.61. The second kappa shape index (κ2) is 7.16. The zero-order valence-electron chi connectivity index (χ0n) is 12.7. The van der Waals surface area contributed by atoms with Crippen molar-refractivity contribution in [1.82, 2.24) is 4.90 Å². The van der Waals surface area contributed by atoms with Gasteiger partial charge in [-0.25, -0.2) is 0 Å². The minimum atomic E-state index is 0.00931. The van der Waals surface area contributed by atoms with E-state index in [0.29, 0.717) is 36.2 Å². The molecule has 114 valence electrons. The number of carbonyl (C=O) groups is 1. The molecule has 0 spiro atoms. The van der Waals surface area contributed by atoms with Crippen LogP contribution in [0.1, 0.15) is 43.0 Å². The third-order valence-corrected chi connectivity index (χ3v) is 3.84. The van der Waals surface area contributed by atoms with Crippen LogP contribution in [-0.4, -0.2) is 30.0 Å². The highest BCUT2D eigenvalue weighted by atomic mass is 16.5. The number of anilines is 1. The Hall–Kier alpha value is -1.97. The smallest absolute Gasteiger partial charge is 0.254 e. The number of carbonyl (C=O) groups excluding carboxylic acids is 1. The molecule has 1 amide bonds. The number of benzene rings is 1. The number of nitrogen functional groups attached to an aromatic ring is 1. The van der Waals surface area contributed by atoms with Gasteiger partial charge in [0, 0.05) is 29.9 Å².